The average molecular weight is 277 g/mol. The molecule has 1 fully saturated rings. The molecule has 1 aliphatic heterocycles. The molecule has 0 unspecified atom stereocenters. The molecular formula is C14H23N5O. The first-order chi connectivity index (χ1) is 9.69. The normalized spacial score (nSPS) is 18.4. The summed E-state index contributed by atoms with van der Waals surface area (Å²) in [6.07, 6.45) is 2.49. The molecule has 1 saturated heterocycles. The van der Waals surface area contributed by atoms with Gasteiger partial charge in [0.15, 0.2) is 5.82 Å². The second-order valence-electron chi connectivity index (χ2n) is 4.98. The van der Waals surface area contributed by atoms with E-state index in [0.29, 0.717) is 13.0 Å². The molecule has 1 atom stereocenters. The van der Waals surface area contributed by atoms with Gasteiger partial charge in [-0.3, -0.25) is 4.79 Å². The summed E-state index contributed by atoms with van der Waals surface area (Å²) in [6.45, 7) is 3.40. The monoisotopic (exact) mass is 277 g/mol. The minimum atomic E-state index is 0.0198. The van der Waals surface area contributed by atoms with Gasteiger partial charge in [0.25, 0.3) is 0 Å². The predicted molar refractivity (Wildman–Crippen MR) is 78.3 cm³/mol. The molecular weight excluding hydrogens is 254 g/mol. The number of likely N-dealkylation sites (tertiary alicyclic amines) is 1. The second kappa shape index (κ2) is 6.65. The number of rotatable bonds is 5. The topological polar surface area (TPSA) is 70.2 Å². The summed E-state index contributed by atoms with van der Waals surface area (Å²) < 4.78 is 0. The van der Waals surface area contributed by atoms with Crippen LogP contribution in [0.2, 0.25) is 0 Å². The van der Waals surface area contributed by atoms with Gasteiger partial charge in [0.05, 0.1) is 11.7 Å². The Kier molecular flexibility index (Phi) is 4.89. The lowest BCUT2D eigenvalue weighted by molar-refractivity contribution is -0.131. The summed E-state index contributed by atoms with van der Waals surface area (Å²) in [4.78, 5) is 23.1. The first kappa shape index (κ1) is 14.7. The molecule has 0 bridgehead atoms. The van der Waals surface area contributed by atoms with Crippen LogP contribution < -0.4 is 10.6 Å². The Morgan fingerprint density at radius 2 is 2.25 bits per heavy atom. The van der Waals surface area contributed by atoms with E-state index < -0.39 is 0 Å². The lowest BCUT2D eigenvalue weighted by atomic mass is 10.2. The lowest BCUT2D eigenvalue weighted by Crippen LogP contribution is -2.31. The molecule has 6 nitrogen and oxygen atoms in total. The van der Waals surface area contributed by atoms with E-state index in [4.69, 9.17) is 0 Å². The van der Waals surface area contributed by atoms with Crippen molar-refractivity contribution in [3.63, 3.8) is 0 Å². The van der Waals surface area contributed by atoms with Gasteiger partial charge >= 0.3 is 0 Å². The van der Waals surface area contributed by atoms with Crippen LogP contribution in [0.5, 0.6) is 0 Å². The fraction of sp³-hybridized carbons (Fsp3) is 0.643. The molecule has 110 valence electrons. The van der Waals surface area contributed by atoms with Gasteiger partial charge in [0.2, 0.25) is 5.91 Å². The maximum Gasteiger partial charge on any atom is 0.222 e. The van der Waals surface area contributed by atoms with E-state index in [0.717, 1.165) is 36.7 Å². The van der Waals surface area contributed by atoms with Crippen LogP contribution in [-0.2, 0) is 11.3 Å². The standard InChI is InChI=1S/C14H23N5O/c1-4-13(20)19-7-5-6-11(19)14-17-10(9-15-2)8-12(16-3)18-14/h8,11,15H,4-7,9H2,1-3H3,(H,16,17,18)/t11-/m0/s1. The zero-order valence-electron chi connectivity index (χ0n) is 12.4. The molecule has 2 heterocycles. The van der Waals surface area contributed by atoms with E-state index in [2.05, 4.69) is 20.6 Å². The van der Waals surface area contributed by atoms with Crippen molar-refractivity contribution >= 4 is 11.7 Å². The average Bonchev–Trinajstić information content (AvgIpc) is 2.95. The molecule has 0 aromatic carbocycles. The van der Waals surface area contributed by atoms with Gasteiger partial charge in [-0.15, -0.1) is 0 Å². The third kappa shape index (κ3) is 3.07. The van der Waals surface area contributed by atoms with Crippen LogP contribution in [0.3, 0.4) is 0 Å². The highest BCUT2D eigenvalue weighted by atomic mass is 16.2. The van der Waals surface area contributed by atoms with E-state index >= 15 is 0 Å². The largest absolute Gasteiger partial charge is 0.373 e. The van der Waals surface area contributed by atoms with Crippen molar-refractivity contribution in [2.24, 2.45) is 0 Å². The number of carbonyl (C=O) groups excluding carboxylic acids is 1. The van der Waals surface area contributed by atoms with Crippen LogP contribution >= 0.6 is 0 Å². The quantitative estimate of drug-likeness (QED) is 0.849. The fourth-order valence-corrected chi connectivity index (χ4v) is 2.60. The SMILES string of the molecule is CCC(=O)N1CCC[C@H]1c1nc(CNC)cc(NC)n1. The van der Waals surface area contributed by atoms with Crippen molar-refractivity contribution in [1.82, 2.24) is 20.2 Å². The Labute approximate surface area is 120 Å². The summed E-state index contributed by atoms with van der Waals surface area (Å²) in [5, 5.41) is 6.17. The van der Waals surface area contributed by atoms with Crippen molar-refractivity contribution in [2.75, 3.05) is 26.0 Å². The molecule has 0 radical (unpaired) electrons. The number of hydrogen-bond donors (Lipinski definition) is 2. The van der Waals surface area contributed by atoms with Crippen molar-refractivity contribution in [1.29, 1.82) is 0 Å². The number of amides is 1. The third-order valence-corrected chi connectivity index (χ3v) is 3.58. The zero-order chi connectivity index (χ0) is 14.5. The zero-order valence-corrected chi connectivity index (χ0v) is 12.4. The fourth-order valence-electron chi connectivity index (χ4n) is 2.60. The van der Waals surface area contributed by atoms with Crippen molar-refractivity contribution in [3.05, 3.63) is 17.6 Å². The van der Waals surface area contributed by atoms with E-state index in [1.165, 1.54) is 0 Å². The van der Waals surface area contributed by atoms with E-state index in [9.17, 15) is 4.79 Å². The summed E-state index contributed by atoms with van der Waals surface area (Å²) in [6, 6.07) is 1.95. The highest BCUT2D eigenvalue weighted by Gasteiger charge is 2.31. The van der Waals surface area contributed by atoms with Gasteiger partial charge in [-0.2, -0.15) is 0 Å². The number of nitrogens with one attached hydrogen (secondary N) is 2. The Hall–Kier alpha value is -1.69. The van der Waals surface area contributed by atoms with Gasteiger partial charge in [0, 0.05) is 32.6 Å². The van der Waals surface area contributed by atoms with E-state index in [1.54, 1.807) is 0 Å². The number of carbonyl (C=O) groups is 1. The summed E-state index contributed by atoms with van der Waals surface area (Å²) in [5.41, 5.74) is 0.942. The van der Waals surface area contributed by atoms with Crippen molar-refractivity contribution < 1.29 is 4.79 Å². The van der Waals surface area contributed by atoms with Crippen LogP contribution in [0.4, 0.5) is 5.82 Å². The smallest absolute Gasteiger partial charge is 0.222 e. The molecule has 20 heavy (non-hydrogen) atoms. The van der Waals surface area contributed by atoms with Gasteiger partial charge in [0.1, 0.15) is 5.82 Å². The summed E-state index contributed by atoms with van der Waals surface area (Å²) in [5.74, 6) is 1.73. The highest BCUT2D eigenvalue weighted by Crippen LogP contribution is 2.31. The van der Waals surface area contributed by atoms with Gasteiger partial charge in [-0.05, 0) is 19.9 Å². The van der Waals surface area contributed by atoms with Gasteiger partial charge < -0.3 is 15.5 Å². The van der Waals surface area contributed by atoms with E-state index in [-0.39, 0.29) is 11.9 Å². The molecule has 1 aromatic heterocycles. The Balaban J connectivity index is 2.30. The molecule has 2 N–H and O–H groups in total. The minimum Gasteiger partial charge on any atom is -0.373 e. The summed E-state index contributed by atoms with van der Waals surface area (Å²) in [7, 11) is 3.74. The van der Waals surface area contributed by atoms with Crippen molar-refractivity contribution in [3.8, 4) is 0 Å². The van der Waals surface area contributed by atoms with Gasteiger partial charge in [-0.1, -0.05) is 6.92 Å². The van der Waals surface area contributed by atoms with Crippen LogP contribution in [0.15, 0.2) is 6.07 Å². The Morgan fingerprint density at radius 3 is 2.90 bits per heavy atom. The Morgan fingerprint density at radius 1 is 1.45 bits per heavy atom. The Bertz CT molecular complexity index is 477. The predicted octanol–water partition coefficient (Wildman–Crippen LogP) is 1.31. The van der Waals surface area contributed by atoms with E-state index in [1.807, 2.05) is 32.0 Å². The molecule has 1 amide bonds. The third-order valence-electron chi connectivity index (χ3n) is 3.58. The minimum absolute atomic E-state index is 0.0198. The maximum absolute atomic E-state index is 12.0. The number of hydrogen-bond acceptors (Lipinski definition) is 5. The molecule has 0 spiro atoms. The number of nitrogens with zero attached hydrogens (tertiary/aromatic N) is 3. The molecule has 6 heteroatoms. The molecule has 2 rings (SSSR count). The number of aromatic nitrogens is 2. The lowest BCUT2D eigenvalue weighted by Gasteiger charge is -2.23. The van der Waals surface area contributed by atoms with Gasteiger partial charge in [-0.25, -0.2) is 9.97 Å². The molecule has 1 aliphatic rings. The number of anilines is 1. The van der Waals surface area contributed by atoms with Crippen LogP contribution in [-0.4, -0.2) is 41.4 Å². The van der Waals surface area contributed by atoms with Crippen LogP contribution in [0, 0.1) is 0 Å². The maximum atomic E-state index is 12.0. The summed E-state index contributed by atoms with van der Waals surface area (Å²) >= 11 is 0. The highest BCUT2D eigenvalue weighted by molar-refractivity contribution is 5.76. The first-order valence-corrected chi connectivity index (χ1v) is 7.19. The molecule has 1 aromatic rings. The molecule has 0 saturated carbocycles. The molecule has 0 aliphatic carbocycles. The van der Waals surface area contributed by atoms with Crippen LogP contribution in [0.1, 0.15) is 43.7 Å². The second-order valence-corrected chi connectivity index (χ2v) is 4.98. The van der Waals surface area contributed by atoms with Crippen LogP contribution in [0.25, 0.3) is 0 Å². The van der Waals surface area contributed by atoms with Crippen molar-refractivity contribution in [2.45, 2.75) is 38.8 Å². The first-order valence-electron chi connectivity index (χ1n) is 7.19.